The van der Waals surface area contributed by atoms with Crippen molar-refractivity contribution in [1.29, 1.82) is 0 Å². The minimum atomic E-state index is -0.815. The standard InChI is InChI=1S/C20H26N2O4/c1-14(23)21(10-9-15-5-3-2-4-6-15)13-19(24)22-11-17(16-7-8-16)18(12-22)20(25)26/h2-6,16-18H,7-13H2,1H3,(H,25,26)/t17-,18+/m1/s1. The van der Waals surface area contributed by atoms with Crippen LogP contribution >= 0.6 is 0 Å². The van der Waals surface area contributed by atoms with E-state index in [4.69, 9.17) is 0 Å². The maximum atomic E-state index is 12.7. The largest absolute Gasteiger partial charge is 0.481 e. The van der Waals surface area contributed by atoms with Crippen LogP contribution in [-0.2, 0) is 20.8 Å². The molecule has 1 N–H and O–H groups in total. The zero-order chi connectivity index (χ0) is 18.7. The number of carbonyl (C=O) groups excluding carboxylic acids is 2. The third-order valence-corrected chi connectivity index (χ3v) is 5.55. The summed E-state index contributed by atoms with van der Waals surface area (Å²) in [5, 5.41) is 9.44. The van der Waals surface area contributed by atoms with Crippen molar-refractivity contribution >= 4 is 17.8 Å². The molecule has 0 spiro atoms. The number of carboxylic acids is 1. The van der Waals surface area contributed by atoms with Gasteiger partial charge in [0, 0.05) is 26.6 Å². The van der Waals surface area contributed by atoms with Gasteiger partial charge in [-0.2, -0.15) is 0 Å². The van der Waals surface area contributed by atoms with E-state index in [-0.39, 0.29) is 30.8 Å². The first-order valence-corrected chi connectivity index (χ1v) is 9.25. The molecule has 6 nitrogen and oxygen atoms in total. The first-order chi connectivity index (χ1) is 12.5. The van der Waals surface area contributed by atoms with E-state index in [0.29, 0.717) is 25.4 Å². The van der Waals surface area contributed by atoms with Crippen LogP contribution in [0.15, 0.2) is 30.3 Å². The van der Waals surface area contributed by atoms with Gasteiger partial charge in [-0.25, -0.2) is 0 Å². The Morgan fingerprint density at radius 2 is 1.85 bits per heavy atom. The van der Waals surface area contributed by atoms with Gasteiger partial charge >= 0.3 is 5.97 Å². The van der Waals surface area contributed by atoms with Crippen LogP contribution in [0.5, 0.6) is 0 Å². The highest BCUT2D eigenvalue weighted by atomic mass is 16.4. The van der Waals surface area contributed by atoms with E-state index in [1.54, 1.807) is 9.80 Å². The van der Waals surface area contributed by atoms with Gasteiger partial charge in [-0.05, 0) is 36.7 Å². The molecule has 3 rings (SSSR count). The number of carbonyl (C=O) groups is 3. The van der Waals surface area contributed by atoms with Crippen LogP contribution in [0.25, 0.3) is 0 Å². The molecular weight excluding hydrogens is 332 g/mol. The Morgan fingerprint density at radius 3 is 2.42 bits per heavy atom. The number of amides is 2. The fourth-order valence-corrected chi connectivity index (χ4v) is 3.82. The maximum absolute atomic E-state index is 12.7. The zero-order valence-electron chi connectivity index (χ0n) is 15.1. The quantitative estimate of drug-likeness (QED) is 0.804. The second-order valence-corrected chi connectivity index (χ2v) is 7.42. The molecule has 0 unspecified atom stereocenters. The van der Waals surface area contributed by atoms with Crippen molar-refractivity contribution in [2.45, 2.75) is 26.2 Å². The molecule has 6 heteroatoms. The van der Waals surface area contributed by atoms with E-state index in [2.05, 4.69) is 0 Å². The summed E-state index contributed by atoms with van der Waals surface area (Å²) < 4.78 is 0. The van der Waals surface area contributed by atoms with E-state index in [0.717, 1.165) is 18.4 Å². The summed E-state index contributed by atoms with van der Waals surface area (Å²) in [6.45, 7) is 2.74. The number of hydrogen-bond donors (Lipinski definition) is 1. The van der Waals surface area contributed by atoms with E-state index in [1.807, 2.05) is 30.3 Å². The summed E-state index contributed by atoms with van der Waals surface area (Å²) in [5.41, 5.74) is 1.12. The number of rotatable bonds is 7. The van der Waals surface area contributed by atoms with Gasteiger partial charge in [0.1, 0.15) is 0 Å². The summed E-state index contributed by atoms with van der Waals surface area (Å²) >= 11 is 0. The lowest BCUT2D eigenvalue weighted by Gasteiger charge is -2.24. The van der Waals surface area contributed by atoms with Crippen molar-refractivity contribution in [3.05, 3.63) is 35.9 Å². The average Bonchev–Trinajstić information content (AvgIpc) is 3.36. The summed E-state index contributed by atoms with van der Waals surface area (Å²) in [5.74, 6) is -1.07. The Morgan fingerprint density at radius 1 is 1.15 bits per heavy atom. The molecule has 0 aromatic heterocycles. The van der Waals surface area contributed by atoms with Crippen molar-refractivity contribution in [2.75, 3.05) is 26.2 Å². The van der Waals surface area contributed by atoms with Gasteiger partial charge in [-0.1, -0.05) is 30.3 Å². The van der Waals surface area contributed by atoms with Gasteiger partial charge in [0.25, 0.3) is 0 Å². The molecule has 1 aromatic carbocycles. The Kier molecular flexibility index (Phi) is 5.59. The molecule has 26 heavy (non-hydrogen) atoms. The predicted octanol–water partition coefficient (Wildman–Crippen LogP) is 1.65. The molecule has 0 radical (unpaired) electrons. The van der Waals surface area contributed by atoms with Crippen LogP contribution < -0.4 is 0 Å². The number of hydrogen-bond acceptors (Lipinski definition) is 3. The molecule has 2 fully saturated rings. The maximum Gasteiger partial charge on any atom is 0.308 e. The minimum absolute atomic E-state index is 0.0197. The van der Waals surface area contributed by atoms with Crippen molar-refractivity contribution < 1.29 is 19.5 Å². The third kappa shape index (κ3) is 4.42. The third-order valence-electron chi connectivity index (χ3n) is 5.55. The van der Waals surface area contributed by atoms with E-state index >= 15 is 0 Å². The fraction of sp³-hybridized carbons (Fsp3) is 0.550. The van der Waals surface area contributed by atoms with Gasteiger partial charge in [0.2, 0.25) is 11.8 Å². The highest BCUT2D eigenvalue weighted by Crippen LogP contribution is 2.44. The number of likely N-dealkylation sites (tertiary alicyclic amines) is 1. The van der Waals surface area contributed by atoms with Crippen LogP contribution in [-0.4, -0.2) is 58.9 Å². The number of aliphatic carboxylic acids is 1. The Labute approximate surface area is 153 Å². The van der Waals surface area contributed by atoms with Crippen LogP contribution in [0.1, 0.15) is 25.3 Å². The molecule has 1 saturated heterocycles. The highest BCUT2D eigenvalue weighted by Gasteiger charge is 2.46. The Balaban J connectivity index is 1.57. The molecule has 1 aromatic rings. The number of carboxylic acid groups (broad SMARTS) is 1. The highest BCUT2D eigenvalue weighted by molar-refractivity contribution is 5.85. The second-order valence-electron chi connectivity index (χ2n) is 7.42. The molecule has 1 heterocycles. The number of nitrogens with zero attached hydrogens (tertiary/aromatic N) is 2. The molecule has 0 bridgehead atoms. The first-order valence-electron chi connectivity index (χ1n) is 9.25. The zero-order valence-corrected chi connectivity index (χ0v) is 15.1. The molecular formula is C20H26N2O4. The lowest BCUT2D eigenvalue weighted by molar-refractivity contribution is -0.143. The van der Waals surface area contributed by atoms with Crippen LogP contribution in [0.4, 0.5) is 0 Å². The molecule has 1 saturated carbocycles. The summed E-state index contributed by atoms with van der Waals surface area (Å²) in [6, 6.07) is 9.84. The van der Waals surface area contributed by atoms with Crippen molar-refractivity contribution in [3.63, 3.8) is 0 Å². The van der Waals surface area contributed by atoms with Crippen LogP contribution in [0.3, 0.4) is 0 Å². The van der Waals surface area contributed by atoms with Gasteiger partial charge in [-0.15, -0.1) is 0 Å². The molecule has 2 amide bonds. The smallest absolute Gasteiger partial charge is 0.308 e. The van der Waals surface area contributed by atoms with Gasteiger partial charge in [-0.3, -0.25) is 14.4 Å². The van der Waals surface area contributed by atoms with E-state index < -0.39 is 11.9 Å². The fourth-order valence-electron chi connectivity index (χ4n) is 3.82. The topological polar surface area (TPSA) is 77.9 Å². The number of benzene rings is 1. The molecule has 1 aliphatic carbocycles. The van der Waals surface area contributed by atoms with Crippen molar-refractivity contribution in [2.24, 2.45) is 17.8 Å². The van der Waals surface area contributed by atoms with E-state index in [1.165, 1.54) is 6.92 Å². The molecule has 2 aliphatic rings. The Hall–Kier alpha value is -2.37. The normalized spacial score (nSPS) is 22.3. The monoisotopic (exact) mass is 358 g/mol. The second kappa shape index (κ2) is 7.89. The van der Waals surface area contributed by atoms with Gasteiger partial charge in [0.15, 0.2) is 0 Å². The summed E-state index contributed by atoms with van der Waals surface area (Å²) in [6.07, 6.45) is 2.82. The Bertz CT molecular complexity index is 672. The van der Waals surface area contributed by atoms with Crippen molar-refractivity contribution in [1.82, 2.24) is 9.80 Å². The van der Waals surface area contributed by atoms with Crippen LogP contribution in [0.2, 0.25) is 0 Å². The SMILES string of the molecule is CC(=O)N(CCc1ccccc1)CC(=O)N1C[C@H](C(=O)O)[C@@H](C2CC2)C1. The van der Waals surface area contributed by atoms with Crippen molar-refractivity contribution in [3.8, 4) is 0 Å². The predicted molar refractivity (Wildman–Crippen MR) is 96.3 cm³/mol. The minimum Gasteiger partial charge on any atom is -0.481 e. The summed E-state index contributed by atoms with van der Waals surface area (Å²) in [4.78, 5) is 39.3. The molecule has 1 aliphatic heterocycles. The van der Waals surface area contributed by atoms with Gasteiger partial charge in [0.05, 0.1) is 12.5 Å². The van der Waals surface area contributed by atoms with E-state index in [9.17, 15) is 19.5 Å². The van der Waals surface area contributed by atoms with Crippen LogP contribution in [0, 0.1) is 17.8 Å². The molecule has 140 valence electrons. The first kappa shape index (κ1) is 18.4. The average molecular weight is 358 g/mol. The molecule has 2 atom stereocenters. The summed E-state index contributed by atoms with van der Waals surface area (Å²) in [7, 11) is 0. The lowest BCUT2D eigenvalue weighted by atomic mass is 9.92. The lowest BCUT2D eigenvalue weighted by Crippen LogP contribution is -2.42. The van der Waals surface area contributed by atoms with Gasteiger partial charge < -0.3 is 14.9 Å².